The molecule has 0 unspecified atom stereocenters. The third-order valence-corrected chi connectivity index (χ3v) is 2.59. The number of hydrogen-bond donors (Lipinski definition) is 2. The van der Waals surface area contributed by atoms with Crippen LogP contribution in [0.5, 0.6) is 0 Å². The van der Waals surface area contributed by atoms with Crippen molar-refractivity contribution in [2.45, 2.75) is 47.0 Å². The second-order valence-electron chi connectivity index (χ2n) is 5.29. The lowest BCUT2D eigenvalue weighted by Gasteiger charge is -2.22. The molecule has 4 heteroatoms. The summed E-state index contributed by atoms with van der Waals surface area (Å²) in [4.78, 5) is 0. The molecule has 0 spiro atoms. The lowest BCUT2D eigenvalue weighted by molar-refractivity contribution is 0.105. The van der Waals surface area contributed by atoms with E-state index in [2.05, 4.69) is 19.0 Å². The van der Waals surface area contributed by atoms with Crippen LogP contribution in [-0.2, 0) is 4.74 Å². The van der Waals surface area contributed by atoms with E-state index in [0.29, 0.717) is 11.8 Å². The summed E-state index contributed by atoms with van der Waals surface area (Å²) in [6.45, 7) is 9.87. The minimum absolute atomic E-state index is 0.229. The van der Waals surface area contributed by atoms with Crippen LogP contribution in [0.2, 0.25) is 0 Å². The number of oxime groups is 1. The quantitative estimate of drug-likeness (QED) is 0.221. The van der Waals surface area contributed by atoms with Crippen molar-refractivity contribution in [1.82, 2.24) is 0 Å². The van der Waals surface area contributed by atoms with E-state index in [9.17, 15) is 0 Å². The largest absolute Gasteiger partial charge is 0.409 e. The zero-order chi connectivity index (χ0) is 12.6. The fourth-order valence-electron chi connectivity index (χ4n) is 1.35. The van der Waals surface area contributed by atoms with Gasteiger partial charge in [-0.3, -0.25) is 0 Å². The Hall–Kier alpha value is -0.770. The van der Waals surface area contributed by atoms with Gasteiger partial charge >= 0.3 is 0 Å². The molecule has 0 saturated heterocycles. The van der Waals surface area contributed by atoms with Crippen molar-refractivity contribution in [3.8, 4) is 0 Å². The highest BCUT2D eigenvalue weighted by Gasteiger charge is 2.22. The third kappa shape index (κ3) is 6.67. The second-order valence-corrected chi connectivity index (χ2v) is 5.29. The zero-order valence-electron chi connectivity index (χ0n) is 11.0. The summed E-state index contributed by atoms with van der Waals surface area (Å²) in [5, 5.41) is 11.7. The average molecular weight is 230 g/mol. The van der Waals surface area contributed by atoms with E-state index in [1.165, 1.54) is 0 Å². The summed E-state index contributed by atoms with van der Waals surface area (Å²) in [5.74, 6) is 0.893. The van der Waals surface area contributed by atoms with Crippen molar-refractivity contribution in [2.24, 2.45) is 22.2 Å². The van der Waals surface area contributed by atoms with Crippen LogP contribution in [0, 0.1) is 11.3 Å². The van der Waals surface area contributed by atoms with Gasteiger partial charge in [-0.1, -0.05) is 39.3 Å². The maximum absolute atomic E-state index is 8.61. The predicted molar refractivity (Wildman–Crippen MR) is 66.7 cm³/mol. The first-order chi connectivity index (χ1) is 7.40. The van der Waals surface area contributed by atoms with Crippen molar-refractivity contribution >= 4 is 5.84 Å². The Labute approximate surface area is 98.9 Å². The van der Waals surface area contributed by atoms with E-state index in [1.807, 2.05) is 13.8 Å². The van der Waals surface area contributed by atoms with Gasteiger partial charge in [0.1, 0.15) is 5.84 Å². The minimum atomic E-state index is -0.229. The first-order valence-electron chi connectivity index (χ1n) is 5.96. The molecule has 0 aliphatic carbocycles. The first kappa shape index (κ1) is 15.2. The molecular weight excluding hydrogens is 204 g/mol. The van der Waals surface area contributed by atoms with Crippen molar-refractivity contribution in [3.63, 3.8) is 0 Å². The Balaban J connectivity index is 3.59. The van der Waals surface area contributed by atoms with Gasteiger partial charge in [-0.2, -0.15) is 0 Å². The molecule has 0 aliphatic heterocycles. The number of ether oxygens (including phenoxy) is 1. The lowest BCUT2D eigenvalue weighted by atomic mass is 9.86. The molecule has 4 nitrogen and oxygen atoms in total. The van der Waals surface area contributed by atoms with Gasteiger partial charge in [0.05, 0.1) is 0 Å². The van der Waals surface area contributed by atoms with Crippen molar-refractivity contribution in [3.05, 3.63) is 0 Å². The van der Waals surface area contributed by atoms with Crippen LogP contribution < -0.4 is 5.73 Å². The summed E-state index contributed by atoms with van der Waals surface area (Å²) in [7, 11) is 0. The standard InChI is InChI=1S/C12H26N2O2/c1-10(2)9-16-8-6-5-7-12(3,4)11(13)14-15/h10,15H,5-9H2,1-4H3,(H2,13,14). The van der Waals surface area contributed by atoms with Crippen LogP contribution in [0.25, 0.3) is 0 Å². The van der Waals surface area contributed by atoms with Crippen molar-refractivity contribution in [1.29, 1.82) is 0 Å². The molecule has 0 bridgehead atoms. The van der Waals surface area contributed by atoms with Gasteiger partial charge < -0.3 is 15.7 Å². The van der Waals surface area contributed by atoms with Gasteiger partial charge in [0.15, 0.2) is 0 Å². The molecule has 96 valence electrons. The van der Waals surface area contributed by atoms with Gasteiger partial charge in [0.2, 0.25) is 0 Å². The number of hydrogen-bond acceptors (Lipinski definition) is 3. The lowest BCUT2D eigenvalue weighted by Crippen LogP contribution is -2.31. The summed E-state index contributed by atoms with van der Waals surface area (Å²) >= 11 is 0. The molecule has 16 heavy (non-hydrogen) atoms. The average Bonchev–Trinajstić information content (AvgIpc) is 2.21. The smallest absolute Gasteiger partial charge is 0.144 e. The Morgan fingerprint density at radius 3 is 2.50 bits per heavy atom. The minimum Gasteiger partial charge on any atom is -0.409 e. The van der Waals surface area contributed by atoms with Gasteiger partial charge in [-0.05, 0) is 18.8 Å². The van der Waals surface area contributed by atoms with E-state index in [-0.39, 0.29) is 5.41 Å². The molecule has 0 rings (SSSR count). The van der Waals surface area contributed by atoms with E-state index >= 15 is 0 Å². The molecule has 0 aromatic carbocycles. The van der Waals surface area contributed by atoms with E-state index in [1.54, 1.807) is 0 Å². The molecule has 0 aromatic heterocycles. The Morgan fingerprint density at radius 2 is 2.00 bits per heavy atom. The summed E-state index contributed by atoms with van der Waals surface area (Å²) in [6.07, 6.45) is 2.96. The SMILES string of the molecule is CC(C)COCCCCC(C)(C)C(N)=NO. The molecule has 0 heterocycles. The third-order valence-electron chi connectivity index (χ3n) is 2.59. The molecule has 0 aromatic rings. The molecular formula is C12H26N2O2. The molecule has 3 N–H and O–H groups in total. The molecule has 0 amide bonds. The highest BCUT2D eigenvalue weighted by Crippen LogP contribution is 2.23. The van der Waals surface area contributed by atoms with Gasteiger partial charge in [0, 0.05) is 18.6 Å². The number of nitrogens with two attached hydrogens (primary N) is 1. The van der Waals surface area contributed by atoms with Crippen LogP contribution in [-0.4, -0.2) is 24.3 Å². The molecule has 0 aliphatic rings. The molecule has 0 radical (unpaired) electrons. The van der Waals surface area contributed by atoms with Crippen molar-refractivity contribution in [2.75, 3.05) is 13.2 Å². The van der Waals surface area contributed by atoms with Crippen LogP contribution in [0.1, 0.15) is 47.0 Å². The van der Waals surface area contributed by atoms with Gasteiger partial charge in [0.25, 0.3) is 0 Å². The van der Waals surface area contributed by atoms with E-state index in [4.69, 9.17) is 15.7 Å². The predicted octanol–water partition coefficient (Wildman–Crippen LogP) is 2.60. The highest BCUT2D eigenvalue weighted by atomic mass is 16.5. The maximum atomic E-state index is 8.61. The van der Waals surface area contributed by atoms with Crippen LogP contribution >= 0.6 is 0 Å². The number of rotatable bonds is 8. The molecule has 0 atom stereocenters. The van der Waals surface area contributed by atoms with Gasteiger partial charge in [-0.25, -0.2) is 0 Å². The summed E-state index contributed by atoms with van der Waals surface area (Å²) in [5.41, 5.74) is 5.37. The number of nitrogens with zero attached hydrogens (tertiary/aromatic N) is 1. The van der Waals surface area contributed by atoms with Crippen molar-refractivity contribution < 1.29 is 9.94 Å². The zero-order valence-corrected chi connectivity index (χ0v) is 11.0. The highest BCUT2D eigenvalue weighted by molar-refractivity contribution is 5.85. The Kier molecular flexibility index (Phi) is 7.13. The second kappa shape index (κ2) is 7.49. The topological polar surface area (TPSA) is 67.8 Å². The van der Waals surface area contributed by atoms with Crippen LogP contribution in [0.3, 0.4) is 0 Å². The maximum Gasteiger partial charge on any atom is 0.144 e. The Bertz CT molecular complexity index is 213. The van der Waals surface area contributed by atoms with Gasteiger partial charge in [-0.15, -0.1) is 0 Å². The number of amidine groups is 1. The van der Waals surface area contributed by atoms with Crippen LogP contribution in [0.4, 0.5) is 0 Å². The summed E-state index contributed by atoms with van der Waals surface area (Å²) < 4.78 is 5.49. The number of unbranched alkanes of at least 4 members (excludes halogenated alkanes) is 1. The Morgan fingerprint density at radius 1 is 1.38 bits per heavy atom. The van der Waals surface area contributed by atoms with E-state index < -0.39 is 0 Å². The first-order valence-corrected chi connectivity index (χ1v) is 5.96. The molecule has 0 fully saturated rings. The fourth-order valence-corrected chi connectivity index (χ4v) is 1.35. The summed E-state index contributed by atoms with van der Waals surface area (Å²) in [6, 6.07) is 0. The molecule has 0 saturated carbocycles. The van der Waals surface area contributed by atoms with Crippen LogP contribution in [0.15, 0.2) is 5.16 Å². The fraction of sp³-hybridized carbons (Fsp3) is 0.917. The monoisotopic (exact) mass is 230 g/mol. The normalized spacial score (nSPS) is 13.4. The van der Waals surface area contributed by atoms with E-state index in [0.717, 1.165) is 32.5 Å².